The fraction of sp³-hybridized carbons (Fsp3) is 0.353. The zero-order chi connectivity index (χ0) is 16.6. The number of carbonyl (C=O) groups is 3. The normalized spacial score (nSPS) is 20.3. The Bertz CT molecular complexity index is 711. The van der Waals surface area contributed by atoms with Crippen LogP contribution in [0.25, 0.3) is 5.76 Å². The van der Waals surface area contributed by atoms with E-state index >= 15 is 0 Å². The van der Waals surface area contributed by atoms with Crippen LogP contribution in [-0.4, -0.2) is 35.3 Å². The molecule has 1 unspecified atom stereocenters. The smallest absolute Gasteiger partial charge is 0.255 e. The van der Waals surface area contributed by atoms with E-state index in [9.17, 15) is 14.4 Å². The first-order valence-corrected chi connectivity index (χ1v) is 7.61. The molecule has 2 aliphatic heterocycles. The lowest BCUT2D eigenvalue weighted by atomic mass is 10.0. The number of piperidine rings is 1. The average Bonchev–Trinajstić information content (AvgIpc) is 2.84. The summed E-state index contributed by atoms with van der Waals surface area (Å²) in [5, 5.41) is 2.29. The Hall–Kier alpha value is -2.63. The molecule has 0 aliphatic carbocycles. The van der Waals surface area contributed by atoms with E-state index in [4.69, 9.17) is 4.74 Å². The van der Waals surface area contributed by atoms with Crippen LogP contribution in [0.15, 0.2) is 24.8 Å². The van der Waals surface area contributed by atoms with Gasteiger partial charge in [0.05, 0.1) is 6.61 Å². The quantitative estimate of drug-likeness (QED) is 0.674. The van der Waals surface area contributed by atoms with Crippen LogP contribution in [0.3, 0.4) is 0 Å². The Kier molecular flexibility index (Phi) is 3.90. The standard InChI is InChI=1S/C17H18N2O4/c1-3-23-10(2)11-4-5-13-12(8-11)9-19(17(13)22)14-6-7-15(20)18-16(14)21/h4-5,8,14H,2-3,6-7,9H2,1H3,(H,18,20,21). The zero-order valence-electron chi connectivity index (χ0n) is 12.9. The first-order chi connectivity index (χ1) is 11.0. The summed E-state index contributed by atoms with van der Waals surface area (Å²) in [6, 6.07) is 4.81. The minimum absolute atomic E-state index is 0.178. The van der Waals surface area contributed by atoms with Crippen LogP contribution in [0.5, 0.6) is 0 Å². The molecule has 0 aromatic heterocycles. The van der Waals surface area contributed by atoms with Gasteiger partial charge in [0.1, 0.15) is 11.8 Å². The minimum atomic E-state index is -0.592. The van der Waals surface area contributed by atoms with Gasteiger partial charge in [-0.25, -0.2) is 0 Å². The van der Waals surface area contributed by atoms with Crippen LogP contribution in [0.1, 0.15) is 41.3 Å². The third-order valence-corrected chi connectivity index (χ3v) is 4.16. The summed E-state index contributed by atoms with van der Waals surface area (Å²) >= 11 is 0. The lowest BCUT2D eigenvalue weighted by Crippen LogP contribution is -2.52. The molecule has 23 heavy (non-hydrogen) atoms. The Labute approximate surface area is 134 Å². The van der Waals surface area contributed by atoms with Crippen molar-refractivity contribution >= 4 is 23.5 Å². The van der Waals surface area contributed by atoms with E-state index in [1.54, 1.807) is 12.1 Å². The van der Waals surface area contributed by atoms with Gasteiger partial charge in [0.15, 0.2) is 0 Å². The highest BCUT2D eigenvalue weighted by molar-refractivity contribution is 6.05. The van der Waals surface area contributed by atoms with Gasteiger partial charge in [0, 0.05) is 24.1 Å². The van der Waals surface area contributed by atoms with Gasteiger partial charge in [-0.15, -0.1) is 0 Å². The number of hydrogen-bond acceptors (Lipinski definition) is 4. The van der Waals surface area contributed by atoms with Gasteiger partial charge in [0.25, 0.3) is 5.91 Å². The molecule has 6 heteroatoms. The number of nitrogens with zero attached hydrogens (tertiary/aromatic N) is 1. The van der Waals surface area contributed by atoms with Gasteiger partial charge in [-0.1, -0.05) is 12.6 Å². The van der Waals surface area contributed by atoms with E-state index in [1.807, 2.05) is 13.0 Å². The number of fused-ring (bicyclic) bond motifs is 1. The highest BCUT2D eigenvalue weighted by atomic mass is 16.5. The van der Waals surface area contributed by atoms with E-state index in [0.29, 0.717) is 30.9 Å². The molecule has 0 bridgehead atoms. The lowest BCUT2D eigenvalue weighted by Gasteiger charge is -2.29. The van der Waals surface area contributed by atoms with Crippen molar-refractivity contribution in [2.75, 3.05) is 6.61 Å². The number of rotatable bonds is 4. The van der Waals surface area contributed by atoms with E-state index < -0.39 is 11.9 Å². The maximum absolute atomic E-state index is 12.5. The highest BCUT2D eigenvalue weighted by Gasteiger charge is 2.39. The number of nitrogens with one attached hydrogen (secondary N) is 1. The molecule has 0 radical (unpaired) electrons. The van der Waals surface area contributed by atoms with Crippen LogP contribution < -0.4 is 5.32 Å². The largest absolute Gasteiger partial charge is 0.494 e. The van der Waals surface area contributed by atoms with Crippen molar-refractivity contribution in [2.45, 2.75) is 32.4 Å². The maximum atomic E-state index is 12.5. The molecule has 0 spiro atoms. The maximum Gasteiger partial charge on any atom is 0.255 e. The molecular formula is C17H18N2O4. The molecule has 120 valence electrons. The fourth-order valence-corrected chi connectivity index (χ4v) is 3.01. The van der Waals surface area contributed by atoms with E-state index in [-0.39, 0.29) is 18.2 Å². The predicted molar refractivity (Wildman–Crippen MR) is 83.1 cm³/mol. The fourth-order valence-electron chi connectivity index (χ4n) is 3.01. The van der Waals surface area contributed by atoms with Crippen LogP contribution in [0.4, 0.5) is 0 Å². The number of amides is 3. The molecule has 1 aromatic rings. The van der Waals surface area contributed by atoms with Crippen molar-refractivity contribution < 1.29 is 19.1 Å². The Balaban J connectivity index is 1.83. The molecular weight excluding hydrogens is 296 g/mol. The highest BCUT2D eigenvalue weighted by Crippen LogP contribution is 2.29. The Morgan fingerprint density at radius 1 is 1.39 bits per heavy atom. The second kappa shape index (κ2) is 5.87. The molecule has 3 rings (SSSR count). The van der Waals surface area contributed by atoms with E-state index in [0.717, 1.165) is 11.1 Å². The van der Waals surface area contributed by atoms with Crippen LogP contribution >= 0.6 is 0 Å². The van der Waals surface area contributed by atoms with Gasteiger partial charge in [-0.3, -0.25) is 19.7 Å². The van der Waals surface area contributed by atoms with Crippen LogP contribution in [0.2, 0.25) is 0 Å². The molecule has 1 N–H and O–H groups in total. The number of ether oxygens (including phenoxy) is 1. The van der Waals surface area contributed by atoms with Gasteiger partial charge in [0.2, 0.25) is 11.8 Å². The summed E-state index contributed by atoms with van der Waals surface area (Å²) in [6.07, 6.45) is 0.617. The molecule has 6 nitrogen and oxygen atoms in total. The summed E-state index contributed by atoms with van der Waals surface area (Å²) in [4.78, 5) is 37.3. The second-order valence-electron chi connectivity index (χ2n) is 5.63. The van der Waals surface area contributed by atoms with E-state index in [1.165, 1.54) is 4.90 Å². The number of imide groups is 1. The summed E-state index contributed by atoms with van der Waals surface area (Å²) in [7, 11) is 0. The number of carbonyl (C=O) groups excluding carboxylic acids is 3. The topological polar surface area (TPSA) is 75.7 Å². The van der Waals surface area contributed by atoms with Gasteiger partial charge >= 0.3 is 0 Å². The third-order valence-electron chi connectivity index (χ3n) is 4.16. The Morgan fingerprint density at radius 2 is 2.17 bits per heavy atom. The van der Waals surface area contributed by atoms with Crippen molar-refractivity contribution in [2.24, 2.45) is 0 Å². The number of hydrogen-bond donors (Lipinski definition) is 1. The lowest BCUT2D eigenvalue weighted by molar-refractivity contribution is -0.136. The van der Waals surface area contributed by atoms with Crippen molar-refractivity contribution in [3.05, 3.63) is 41.5 Å². The third kappa shape index (κ3) is 2.72. The molecule has 0 saturated carbocycles. The van der Waals surface area contributed by atoms with Gasteiger partial charge in [-0.05, 0) is 31.0 Å². The van der Waals surface area contributed by atoms with Crippen molar-refractivity contribution in [3.63, 3.8) is 0 Å². The van der Waals surface area contributed by atoms with Crippen LogP contribution in [0, 0.1) is 0 Å². The first-order valence-electron chi connectivity index (χ1n) is 7.61. The molecule has 1 atom stereocenters. The summed E-state index contributed by atoms with van der Waals surface area (Å²) in [6.45, 7) is 6.63. The molecule has 1 fully saturated rings. The molecule has 2 aliphatic rings. The average molecular weight is 314 g/mol. The number of benzene rings is 1. The molecule has 2 heterocycles. The SMILES string of the molecule is C=C(OCC)c1ccc2c(c1)CN(C1CCC(=O)NC1=O)C2=O. The van der Waals surface area contributed by atoms with E-state index in [2.05, 4.69) is 11.9 Å². The molecule has 1 saturated heterocycles. The van der Waals surface area contributed by atoms with Gasteiger partial charge < -0.3 is 9.64 Å². The zero-order valence-corrected chi connectivity index (χ0v) is 12.9. The minimum Gasteiger partial charge on any atom is -0.494 e. The van der Waals surface area contributed by atoms with Crippen molar-refractivity contribution in [3.8, 4) is 0 Å². The van der Waals surface area contributed by atoms with Gasteiger partial charge in [-0.2, -0.15) is 0 Å². The molecule has 3 amide bonds. The summed E-state index contributed by atoms with van der Waals surface area (Å²) in [5.74, 6) is -0.308. The van der Waals surface area contributed by atoms with Crippen molar-refractivity contribution in [1.82, 2.24) is 10.2 Å². The monoisotopic (exact) mass is 314 g/mol. The Morgan fingerprint density at radius 3 is 2.87 bits per heavy atom. The second-order valence-corrected chi connectivity index (χ2v) is 5.63. The first kappa shape index (κ1) is 15.3. The molecule has 1 aromatic carbocycles. The summed E-state index contributed by atoms with van der Waals surface area (Å²) < 4.78 is 5.39. The summed E-state index contributed by atoms with van der Waals surface area (Å²) in [5.41, 5.74) is 2.25. The van der Waals surface area contributed by atoms with Crippen molar-refractivity contribution in [1.29, 1.82) is 0 Å². The predicted octanol–water partition coefficient (Wildman–Crippen LogP) is 1.45. The van der Waals surface area contributed by atoms with Crippen LogP contribution in [-0.2, 0) is 20.9 Å².